The smallest absolute Gasteiger partial charge is 0.125 e. The fraction of sp³-hybridized carbons (Fsp3) is 1.00. The molecule has 0 aromatic carbocycles. The van der Waals surface area contributed by atoms with Crippen molar-refractivity contribution in [3.63, 3.8) is 0 Å². The van der Waals surface area contributed by atoms with Gasteiger partial charge in [0.1, 0.15) is 6.17 Å². The summed E-state index contributed by atoms with van der Waals surface area (Å²) in [5.41, 5.74) is 5.63. The lowest BCUT2D eigenvalue weighted by molar-refractivity contribution is 0.237. The van der Waals surface area contributed by atoms with Crippen LogP contribution in [0.2, 0.25) is 0 Å². The average Bonchev–Trinajstić information content (AvgIpc) is 2.04. The second-order valence-corrected chi connectivity index (χ2v) is 3.65. The molecule has 3 heteroatoms. The third-order valence-electron chi connectivity index (χ3n) is 2.38. The molecule has 0 bridgehead atoms. The monoisotopic (exact) mass is 174 g/mol. The highest BCUT2D eigenvalue weighted by molar-refractivity contribution is 4.72. The van der Waals surface area contributed by atoms with Crippen LogP contribution in [0.5, 0.6) is 0 Å². The van der Waals surface area contributed by atoms with E-state index in [1.165, 1.54) is 32.1 Å². The Kier molecular flexibility index (Phi) is 4.54. The van der Waals surface area contributed by atoms with E-state index in [1.54, 1.807) is 0 Å². The highest BCUT2D eigenvalue weighted by Gasteiger charge is 2.12. The molecule has 0 aromatic rings. The summed E-state index contributed by atoms with van der Waals surface area (Å²) < 4.78 is 11.5. The van der Waals surface area contributed by atoms with Gasteiger partial charge in [0, 0.05) is 19.1 Å². The van der Waals surface area contributed by atoms with Crippen molar-refractivity contribution in [1.29, 1.82) is 0 Å². The van der Waals surface area contributed by atoms with Crippen LogP contribution >= 0.6 is 0 Å². The van der Waals surface area contributed by atoms with Crippen LogP contribution in [0.4, 0.5) is 4.39 Å². The van der Waals surface area contributed by atoms with Gasteiger partial charge >= 0.3 is 0 Å². The lowest BCUT2D eigenvalue weighted by Gasteiger charge is -2.17. The summed E-state index contributed by atoms with van der Waals surface area (Å²) in [5, 5.41) is 2.79. The van der Waals surface area contributed by atoms with Crippen LogP contribution < -0.4 is 11.1 Å². The van der Waals surface area contributed by atoms with Crippen LogP contribution in [-0.4, -0.2) is 25.3 Å². The predicted molar refractivity (Wildman–Crippen MR) is 48.8 cm³/mol. The number of hydrogen-bond acceptors (Lipinski definition) is 2. The molecule has 0 radical (unpaired) electrons. The van der Waals surface area contributed by atoms with Gasteiger partial charge in [0.15, 0.2) is 0 Å². The molecule has 2 nitrogen and oxygen atoms in total. The Morgan fingerprint density at radius 1 is 1.08 bits per heavy atom. The van der Waals surface area contributed by atoms with Crippen molar-refractivity contribution < 1.29 is 4.39 Å². The zero-order valence-electron chi connectivity index (χ0n) is 7.56. The van der Waals surface area contributed by atoms with Crippen LogP contribution in [0.15, 0.2) is 0 Å². The van der Waals surface area contributed by atoms with Crippen molar-refractivity contribution >= 4 is 0 Å². The van der Waals surface area contributed by atoms with Crippen molar-refractivity contribution in [1.82, 2.24) is 5.32 Å². The Morgan fingerprint density at radius 3 is 1.75 bits per heavy atom. The maximum atomic E-state index is 11.5. The highest BCUT2D eigenvalue weighted by Crippen LogP contribution is 2.14. The van der Waals surface area contributed by atoms with E-state index in [-0.39, 0.29) is 0 Å². The number of hydrogen-bond donors (Lipinski definition) is 2. The Labute approximate surface area is 73.7 Å². The summed E-state index contributed by atoms with van der Waals surface area (Å²) in [4.78, 5) is 0. The second-order valence-electron chi connectivity index (χ2n) is 3.65. The maximum absolute atomic E-state index is 11.5. The van der Waals surface area contributed by atoms with Gasteiger partial charge in [-0.25, -0.2) is 4.39 Å². The number of alkyl halides is 1. The molecule has 2 aliphatic rings. The summed E-state index contributed by atoms with van der Waals surface area (Å²) in [6.07, 6.45) is 6.12. The number of nitrogens with two attached hydrogens (primary N) is 1. The fourth-order valence-electron chi connectivity index (χ4n) is 1.39. The first-order valence-corrected chi connectivity index (χ1v) is 4.89. The van der Waals surface area contributed by atoms with Gasteiger partial charge in [-0.2, -0.15) is 0 Å². The van der Waals surface area contributed by atoms with Crippen molar-refractivity contribution in [2.24, 2.45) is 5.73 Å². The number of rotatable bonds is 0. The first kappa shape index (κ1) is 9.93. The molecule has 0 spiro atoms. The van der Waals surface area contributed by atoms with Gasteiger partial charge in [0.2, 0.25) is 0 Å². The van der Waals surface area contributed by atoms with E-state index >= 15 is 0 Å². The maximum Gasteiger partial charge on any atom is 0.125 e. The molecule has 3 N–H and O–H groups in total. The minimum Gasteiger partial charge on any atom is -0.328 e. The van der Waals surface area contributed by atoms with E-state index in [1.807, 2.05) is 0 Å². The van der Waals surface area contributed by atoms with Gasteiger partial charge in [0.05, 0.1) is 0 Å². The average molecular weight is 174 g/mol. The minimum atomic E-state index is -0.546. The molecule has 1 aliphatic carbocycles. The first-order valence-electron chi connectivity index (χ1n) is 4.89. The zero-order valence-corrected chi connectivity index (χ0v) is 7.56. The Balaban J connectivity index is 0.000000127. The molecule has 1 saturated carbocycles. The Bertz CT molecular complexity index is 109. The third kappa shape index (κ3) is 4.02. The Morgan fingerprint density at radius 2 is 1.58 bits per heavy atom. The first-order chi connectivity index (χ1) is 5.79. The molecule has 72 valence electrons. The lowest BCUT2D eigenvalue weighted by Crippen LogP contribution is -2.43. The van der Waals surface area contributed by atoms with Crippen LogP contribution in [0, 0.1) is 0 Å². The van der Waals surface area contributed by atoms with Crippen LogP contribution in [0.1, 0.15) is 32.1 Å². The van der Waals surface area contributed by atoms with Gasteiger partial charge in [0.25, 0.3) is 0 Å². The van der Waals surface area contributed by atoms with Crippen LogP contribution in [-0.2, 0) is 0 Å². The van der Waals surface area contributed by atoms with Gasteiger partial charge < -0.3 is 11.1 Å². The van der Waals surface area contributed by atoms with Gasteiger partial charge in [-0.15, -0.1) is 0 Å². The van der Waals surface area contributed by atoms with Crippen molar-refractivity contribution in [2.45, 2.75) is 44.3 Å². The van der Waals surface area contributed by atoms with Gasteiger partial charge in [-0.05, 0) is 12.8 Å². The van der Waals surface area contributed by atoms with E-state index in [9.17, 15) is 4.39 Å². The molecule has 0 amide bonds. The topological polar surface area (TPSA) is 38.0 Å². The van der Waals surface area contributed by atoms with Crippen LogP contribution in [0.25, 0.3) is 0 Å². The molecular formula is C9H19FN2. The highest BCUT2D eigenvalue weighted by atomic mass is 19.1. The Hall–Kier alpha value is -0.150. The summed E-state index contributed by atoms with van der Waals surface area (Å²) >= 11 is 0. The molecule has 1 heterocycles. The molecule has 0 aromatic heterocycles. The number of halogens is 1. The SMILES string of the molecule is FC1CNC1.NC1CCCCC1. The van der Waals surface area contributed by atoms with E-state index in [4.69, 9.17) is 5.73 Å². The van der Waals surface area contributed by atoms with Crippen molar-refractivity contribution in [3.05, 3.63) is 0 Å². The molecule has 0 unspecified atom stereocenters. The van der Waals surface area contributed by atoms with Gasteiger partial charge in [-0.1, -0.05) is 19.3 Å². The van der Waals surface area contributed by atoms with Crippen molar-refractivity contribution in [2.75, 3.05) is 13.1 Å². The van der Waals surface area contributed by atoms with E-state index in [0.717, 1.165) is 0 Å². The molecule has 0 atom stereocenters. The molecule has 12 heavy (non-hydrogen) atoms. The normalized spacial score (nSPS) is 25.5. The molecular weight excluding hydrogens is 155 g/mol. The van der Waals surface area contributed by atoms with E-state index in [2.05, 4.69) is 5.32 Å². The lowest BCUT2D eigenvalue weighted by atomic mass is 9.97. The number of nitrogens with one attached hydrogen (secondary N) is 1. The van der Waals surface area contributed by atoms with E-state index < -0.39 is 6.17 Å². The molecule has 2 fully saturated rings. The van der Waals surface area contributed by atoms with Crippen molar-refractivity contribution in [3.8, 4) is 0 Å². The summed E-state index contributed by atoms with van der Waals surface area (Å²) in [5.74, 6) is 0. The summed E-state index contributed by atoms with van der Waals surface area (Å²) in [7, 11) is 0. The van der Waals surface area contributed by atoms with E-state index in [0.29, 0.717) is 19.1 Å². The largest absolute Gasteiger partial charge is 0.328 e. The summed E-state index contributed by atoms with van der Waals surface area (Å²) in [6.45, 7) is 1.14. The fourth-order valence-corrected chi connectivity index (χ4v) is 1.39. The standard InChI is InChI=1S/C6H13N.C3H6FN/c7-6-4-2-1-3-5-6;4-3-1-5-2-3/h6H,1-5,7H2;3,5H,1-2H2. The zero-order chi connectivity index (χ0) is 8.81. The molecule has 1 aliphatic heterocycles. The summed E-state index contributed by atoms with van der Waals surface area (Å²) in [6, 6.07) is 0.536. The third-order valence-corrected chi connectivity index (χ3v) is 2.38. The molecule has 1 saturated heterocycles. The second kappa shape index (κ2) is 5.49. The van der Waals surface area contributed by atoms with Crippen LogP contribution in [0.3, 0.4) is 0 Å². The van der Waals surface area contributed by atoms with Gasteiger partial charge in [-0.3, -0.25) is 0 Å². The minimum absolute atomic E-state index is 0.536. The molecule has 2 rings (SSSR count). The quantitative estimate of drug-likeness (QED) is 0.579. The predicted octanol–water partition coefficient (Wildman–Crippen LogP) is 1.21.